The van der Waals surface area contributed by atoms with Gasteiger partial charge in [0.1, 0.15) is 9.71 Å². The lowest BCUT2D eigenvalue weighted by Gasteiger charge is -2.16. The Bertz CT molecular complexity index is 594. The lowest BCUT2D eigenvalue weighted by Crippen LogP contribution is -2.38. The normalized spacial score (nSPS) is 12.5. The van der Waals surface area contributed by atoms with Crippen molar-refractivity contribution in [3.8, 4) is 0 Å². The van der Waals surface area contributed by atoms with E-state index in [4.69, 9.17) is 15.6 Å². The molecule has 2 aromatic heterocycles. The third-order valence-corrected chi connectivity index (χ3v) is 4.02. The molecule has 0 radical (unpaired) electrons. The number of carbonyl (C=O) groups excluding carboxylic acids is 1. The molecule has 0 aliphatic carbocycles. The molecule has 6 nitrogen and oxygen atoms in total. The largest absolute Gasteiger partial charge is 0.397 e. The summed E-state index contributed by atoms with van der Waals surface area (Å²) in [6, 6.07) is 3.38. The summed E-state index contributed by atoms with van der Waals surface area (Å²) in [6.07, 6.45) is 2.10. The highest BCUT2D eigenvalue weighted by Gasteiger charge is 2.19. The topological polar surface area (TPSA) is 97.5 Å². The van der Waals surface area contributed by atoms with Crippen LogP contribution in [0.5, 0.6) is 0 Å². The molecule has 2 rings (SSSR count). The highest BCUT2D eigenvalue weighted by Crippen LogP contribution is 2.31. The van der Waals surface area contributed by atoms with Crippen LogP contribution in [0, 0.1) is 0 Å². The molecule has 0 saturated heterocycles. The van der Waals surface area contributed by atoms with E-state index >= 15 is 0 Å². The van der Waals surface area contributed by atoms with Crippen molar-refractivity contribution in [1.82, 2.24) is 10.3 Å². The Kier molecular flexibility index (Phi) is 4.89. The minimum absolute atomic E-state index is 0.0161. The summed E-state index contributed by atoms with van der Waals surface area (Å²) in [5.41, 5.74) is 6.43. The van der Waals surface area contributed by atoms with Gasteiger partial charge in [-0.25, -0.2) is 4.98 Å². The van der Waals surface area contributed by atoms with Crippen molar-refractivity contribution in [2.24, 2.45) is 0 Å². The fraction of sp³-hybridized carbons (Fsp3) is 0.385. The summed E-state index contributed by atoms with van der Waals surface area (Å²) in [5.74, 6) is -0.263. The molecule has 2 aromatic rings. The quantitative estimate of drug-likeness (QED) is 0.739. The van der Waals surface area contributed by atoms with E-state index in [-0.39, 0.29) is 18.6 Å². The number of nitrogens with zero attached hydrogens (tertiary/aromatic N) is 1. The van der Waals surface area contributed by atoms with Crippen LogP contribution in [0.1, 0.15) is 16.1 Å². The maximum atomic E-state index is 12.2. The van der Waals surface area contributed by atoms with Crippen LogP contribution in [-0.2, 0) is 4.74 Å². The summed E-state index contributed by atoms with van der Waals surface area (Å²) in [4.78, 5) is 17.6. The van der Waals surface area contributed by atoms with Gasteiger partial charge in [-0.1, -0.05) is 0 Å². The van der Waals surface area contributed by atoms with Crippen LogP contribution < -0.4 is 11.1 Å². The van der Waals surface area contributed by atoms with Gasteiger partial charge in [-0.2, -0.15) is 0 Å². The van der Waals surface area contributed by atoms with Gasteiger partial charge in [-0.05, 0) is 18.6 Å². The molecule has 0 saturated carbocycles. The minimum atomic E-state index is -0.263. The standard InChI is InChI=1S/C13H17N3O3S/c1-19-7-8(4-6-17)16-12(18)11-10(14)9-3-2-5-15-13(9)20-11/h2-3,5,8,17H,4,6-7,14H2,1H3,(H,16,18). The summed E-state index contributed by atoms with van der Waals surface area (Å²) in [6.45, 7) is 0.326. The summed E-state index contributed by atoms with van der Waals surface area (Å²) in [5, 5.41) is 12.6. The Morgan fingerprint density at radius 1 is 1.65 bits per heavy atom. The second kappa shape index (κ2) is 6.65. The van der Waals surface area contributed by atoms with Crippen molar-refractivity contribution in [2.75, 3.05) is 26.1 Å². The summed E-state index contributed by atoms with van der Waals surface area (Å²) >= 11 is 1.26. The Balaban J connectivity index is 2.20. The van der Waals surface area contributed by atoms with Gasteiger partial charge in [-0.3, -0.25) is 4.79 Å². The highest BCUT2D eigenvalue weighted by atomic mass is 32.1. The molecule has 0 fully saturated rings. The van der Waals surface area contributed by atoms with Crippen molar-refractivity contribution in [3.05, 3.63) is 23.2 Å². The number of amides is 1. The number of ether oxygens (including phenoxy) is 1. The highest BCUT2D eigenvalue weighted by molar-refractivity contribution is 7.21. The monoisotopic (exact) mass is 295 g/mol. The molecule has 1 atom stereocenters. The molecule has 0 aliphatic heterocycles. The molecule has 1 unspecified atom stereocenters. The average molecular weight is 295 g/mol. The number of thiophene rings is 1. The number of pyridine rings is 1. The SMILES string of the molecule is COCC(CCO)NC(=O)c1sc2ncccc2c1N. The van der Waals surface area contributed by atoms with Crippen LogP contribution in [0.3, 0.4) is 0 Å². The number of carbonyl (C=O) groups is 1. The number of nitrogens with two attached hydrogens (primary N) is 1. The van der Waals surface area contributed by atoms with Crippen LogP contribution in [0.15, 0.2) is 18.3 Å². The molecule has 108 valence electrons. The molecular formula is C13H17N3O3S. The zero-order valence-electron chi connectivity index (χ0n) is 11.1. The number of nitrogen functional groups attached to an aromatic ring is 1. The van der Waals surface area contributed by atoms with Crippen molar-refractivity contribution < 1.29 is 14.6 Å². The number of anilines is 1. The number of nitrogens with one attached hydrogen (secondary N) is 1. The fourth-order valence-electron chi connectivity index (χ4n) is 1.92. The van der Waals surface area contributed by atoms with Gasteiger partial charge in [0.15, 0.2) is 0 Å². The van der Waals surface area contributed by atoms with E-state index in [0.29, 0.717) is 23.6 Å². The number of methoxy groups -OCH3 is 1. The molecular weight excluding hydrogens is 278 g/mol. The van der Waals surface area contributed by atoms with Crippen LogP contribution in [0.4, 0.5) is 5.69 Å². The predicted octanol–water partition coefficient (Wildman–Crippen LogP) is 1.01. The molecule has 2 heterocycles. The molecule has 0 spiro atoms. The zero-order valence-corrected chi connectivity index (χ0v) is 11.9. The van der Waals surface area contributed by atoms with E-state index in [9.17, 15) is 4.79 Å². The first-order chi connectivity index (χ1) is 9.67. The molecule has 0 bridgehead atoms. The first-order valence-corrected chi connectivity index (χ1v) is 7.02. The molecule has 7 heteroatoms. The van der Waals surface area contributed by atoms with Gasteiger partial charge in [0.05, 0.1) is 18.3 Å². The van der Waals surface area contributed by atoms with Crippen molar-refractivity contribution >= 4 is 33.1 Å². The smallest absolute Gasteiger partial charge is 0.263 e. The van der Waals surface area contributed by atoms with E-state index < -0.39 is 0 Å². The number of aliphatic hydroxyl groups is 1. The minimum Gasteiger partial charge on any atom is -0.397 e. The van der Waals surface area contributed by atoms with Gasteiger partial charge in [0.25, 0.3) is 5.91 Å². The van der Waals surface area contributed by atoms with Gasteiger partial charge >= 0.3 is 0 Å². The molecule has 4 N–H and O–H groups in total. The maximum absolute atomic E-state index is 12.2. The number of aromatic nitrogens is 1. The van der Waals surface area contributed by atoms with Crippen LogP contribution >= 0.6 is 11.3 Å². The Hall–Kier alpha value is -1.70. The lowest BCUT2D eigenvalue weighted by molar-refractivity contribution is 0.0883. The van der Waals surface area contributed by atoms with E-state index in [2.05, 4.69) is 10.3 Å². The molecule has 0 aliphatic rings. The Labute approximate surface area is 120 Å². The van der Waals surface area contributed by atoms with Gasteiger partial charge in [-0.15, -0.1) is 11.3 Å². The molecule has 0 aromatic carbocycles. The van der Waals surface area contributed by atoms with Crippen molar-refractivity contribution in [2.45, 2.75) is 12.5 Å². The molecule has 1 amide bonds. The summed E-state index contributed by atoms with van der Waals surface area (Å²) in [7, 11) is 1.55. The average Bonchev–Trinajstić information content (AvgIpc) is 2.77. The first-order valence-electron chi connectivity index (χ1n) is 6.21. The predicted molar refractivity (Wildman–Crippen MR) is 78.9 cm³/mol. The maximum Gasteiger partial charge on any atom is 0.263 e. The van der Waals surface area contributed by atoms with Crippen molar-refractivity contribution in [3.63, 3.8) is 0 Å². The number of rotatable bonds is 6. The summed E-state index contributed by atoms with van der Waals surface area (Å²) < 4.78 is 5.02. The second-order valence-corrected chi connectivity index (χ2v) is 5.34. The zero-order chi connectivity index (χ0) is 14.5. The lowest BCUT2D eigenvalue weighted by atomic mass is 10.2. The van der Waals surface area contributed by atoms with E-state index in [1.54, 1.807) is 19.4 Å². The number of hydrogen-bond donors (Lipinski definition) is 3. The second-order valence-electron chi connectivity index (χ2n) is 4.34. The Morgan fingerprint density at radius 3 is 3.10 bits per heavy atom. The van der Waals surface area contributed by atoms with Crippen molar-refractivity contribution in [1.29, 1.82) is 0 Å². The van der Waals surface area contributed by atoms with Gasteiger partial charge < -0.3 is 20.9 Å². The van der Waals surface area contributed by atoms with E-state index in [0.717, 1.165) is 10.2 Å². The van der Waals surface area contributed by atoms with Gasteiger partial charge in [0, 0.05) is 25.3 Å². The van der Waals surface area contributed by atoms with Gasteiger partial charge in [0.2, 0.25) is 0 Å². The number of aliphatic hydroxyl groups excluding tert-OH is 1. The number of fused-ring (bicyclic) bond motifs is 1. The van der Waals surface area contributed by atoms with Crippen LogP contribution in [0.25, 0.3) is 10.2 Å². The van der Waals surface area contributed by atoms with E-state index in [1.165, 1.54) is 11.3 Å². The van der Waals surface area contributed by atoms with E-state index in [1.807, 2.05) is 6.07 Å². The third kappa shape index (κ3) is 3.06. The third-order valence-electron chi connectivity index (χ3n) is 2.89. The Morgan fingerprint density at radius 2 is 2.45 bits per heavy atom. The molecule has 20 heavy (non-hydrogen) atoms. The number of hydrogen-bond acceptors (Lipinski definition) is 6. The van der Waals surface area contributed by atoms with Crippen LogP contribution in [-0.4, -0.2) is 42.4 Å². The fourth-order valence-corrected chi connectivity index (χ4v) is 2.89. The first kappa shape index (κ1) is 14.7. The van der Waals surface area contributed by atoms with Crippen LogP contribution in [0.2, 0.25) is 0 Å².